The molecule has 2 N–H and O–H groups in total. The van der Waals surface area contributed by atoms with Gasteiger partial charge >= 0.3 is 0 Å². The van der Waals surface area contributed by atoms with E-state index < -0.39 is 0 Å². The smallest absolute Gasteiger partial charge is 0.116 e. The van der Waals surface area contributed by atoms with Crippen LogP contribution in [0.15, 0.2) is 47.0 Å². The number of aromatic nitrogens is 3. The molecule has 4 nitrogen and oxygen atoms in total. The van der Waals surface area contributed by atoms with Crippen molar-refractivity contribution >= 4 is 11.8 Å². The highest BCUT2D eigenvalue weighted by atomic mass is 32.2. The highest BCUT2D eigenvalue weighted by molar-refractivity contribution is 7.99. The number of pyridine rings is 1. The maximum absolute atomic E-state index is 5.88. The van der Waals surface area contributed by atoms with Crippen LogP contribution in [-0.2, 0) is 0 Å². The molecule has 82 valence electrons. The minimum Gasteiger partial charge on any atom is -0.324 e. The van der Waals surface area contributed by atoms with Crippen molar-refractivity contribution in [3.63, 3.8) is 0 Å². The minimum absolute atomic E-state index is 0.0296. The molecule has 5 heteroatoms. The van der Waals surface area contributed by atoms with Gasteiger partial charge in [0.25, 0.3) is 0 Å². The largest absolute Gasteiger partial charge is 0.324 e. The quantitative estimate of drug-likeness (QED) is 0.820. The molecule has 16 heavy (non-hydrogen) atoms. The lowest BCUT2D eigenvalue weighted by molar-refractivity contribution is 0.779. The third-order valence-corrected chi connectivity index (χ3v) is 3.03. The molecule has 0 unspecified atom stereocenters. The van der Waals surface area contributed by atoms with Crippen LogP contribution < -0.4 is 5.73 Å². The molecule has 1 atom stereocenters. The summed E-state index contributed by atoms with van der Waals surface area (Å²) in [7, 11) is 0. The summed E-state index contributed by atoms with van der Waals surface area (Å²) in [6.07, 6.45) is 5.00. The molecular formula is C11H12N4S. The van der Waals surface area contributed by atoms with Crippen LogP contribution in [0.4, 0.5) is 0 Å². The number of hydrogen-bond donors (Lipinski definition) is 1. The summed E-state index contributed by atoms with van der Waals surface area (Å²) in [5.74, 6) is 0. The second-order valence-corrected chi connectivity index (χ2v) is 4.35. The molecular weight excluding hydrogens is 220 g/mol. The van der Waals surface area contributed by atoms with E-state index in [2.05, 4.69) is 15.0 Å². The van der Waals surface area contributed by atoms with Crippen molar-refractivity contribution in [2.75, 3.05) is 0 Å². The lowest BCUT2D eigenvalue weighted by atomic mass is 10.2. The topological polar surface area (TPSA) is 64.7 Å². The molecule has 0 radical (unpaired) electrons. The fourth-order valence-electron chi connectivity index (χ4n) is 1.27. The molecule has 0 spiro atoms. The van der Waals surface area contributed by atoms with Gasteiger partial charge in [-0.15, -0.1) is 0 Å². The molecule has 0 aliphatic rings. The van der Waals surface area contributed by atoms with Gasteiger partial charge in [-0.25, -0.2) is 15.0 Å². The maximum Gasteiger partial charge on any atom is 0.116 e. The molecule has 2 aromatic rings. The summed E-state index contributed by atoms with van der Waals surface area (Å²) in [4.78, 5) is 12.3. The van der Waals surface area contributed by atoms with Crippen LogP contribution in [0.25, 0.3) is 0 Å². The Bertz CT molecular complexity index is 459. The predicted octanol–water partition coefficient (Wildman–Crippen LogP) is 2.04. The summed E-state index contributed by atoms with van der Waals surface area (Å²) in [5, 5.41) is 1.77. The first-order chi connectivity index (χ1) is 7.77. The average molecular weight is 232 g/mol. The van der Waals surface area contributed by atoms with E-state index in [-0.39, 0.29) is 6.04 Å². The van der Waals surface area contributed by atoms with Crippen LogP contribution in [-0.4, -0.2) is 15.0 Å². The fourth-order valence-corrected chi connectivity index (χ4v) is 2.19. The third-order valence-electron chi connectivity index (χ3n) is 2.05. The monoisotopic (exact) mass is 232 g/mol. The Balaban J connectivity index is 2.28. The van der Waals surface area contributed by atoms with Crippen molar-refractivity contribution < 1.29 is 0 Å². The van der Waals surface area contributed by atoms with Gasteiger partial charge in [0, 0.05) is 24.0 Å². The SMILES string of the molecule is C[C@@H](N)c1cccnc1Sc1ccncn1. The van der Waals surface area contributed by atoms with Gasteiger partial charge in [-0.2, -0.15) is 0 Å². The number of nitrogens with zero attached hydrogens (tertiary/aromatic N) is 3. The van der Waals surface area contributed by atoms with E-state index in [1.165, 1.54) is 18.1 Å². The van der Waals surface area contributed by atoms with Crippen LogP contribution in [0.1, 0.15) is 18.5 Å². The zero-order valence-corrected chi connectivity index (χ0v) is 9.69. The molecule has 0 fully saturated rings. The van der Waals surface area contributed by atoms with Gasteiger partial charge in [0.1, 0.15) is 16.4 Å². The molecule has 0 aromatic carbocycles. The van der Waals surface area contributed by atoms with E-state index >= 15 is 0 Å². The highest BCUT2D eigenvalue weighted by Crippen LogP contribution is 2.28. The van der Waals surface area contributed by atoms with E-state index in [0.29, 0.717) is 0 Å². The zero-order valence-electron chi connectivity index (χ0n) is 8.87. The lowest BCUT2D eigenvalue weighted by Gasteiger charge is -2.09. The molecule has 0 amide bonds. The molecule has 0 saturated heterocycles. The summed E-state index contributed by atoms with van der Waals surface area (Å²) in [6.45, 7) is 1.95. The Morgan fingerprint density at radius 2 is 2.12 bits per heavy atom. The zero-order chi connectivity index (χ0) is 11.4. The van der Waals surface area contributed by atoms with Crippen LogP contribution in [0.2, 0.25) is 0 Å². The molecule has 2 heterocycles. The maximum atomic E-state index is 5.88. The average Bonchev–Trinajstić information content (AvgIpc) is 2.31. The highest BCUT2D eigenvalue weighted by Gasteiger charge is 2.09. The van der Waals surface area contributed by atoms with Gasteiger partial charge in [-0.3, -0.25) is 0 Å². The van der Waals surface area contributed by atoms with Crippen LogP contribution in [0.3, 0.4) is 0 Å². The molecule has 2 aromatic heterocycles. The van der Waals surface area contributed by atoms with Crippen LogP contribution >= 0.6 is 11.8 Å². The fraction of sp³-hybridized carbons (Fsp3) is 0.182. The first-order valence-corrected chi connectivity index (χ1v) is 5.73. The van der Waals surface area contributed by atoms with E-state index in [1.807, 2.05) is 25.1 Å². The van der Waals surface area contributed by atoms with Crippen LogP contribution in [0.5, 0.6) is 0 Å². The van der Waals surface area contributed by atoms with Crippen molar-refractivity contribution in [3.05, 3.63) is 42.5 Å². The van der Waals surface area contributed by atoms with Gasteiger partial charge in [-0.05, 0) is 30.8 Å². The molecule has 0 bridgehead atoms. The standard InChI is InChI=1S/C11H12N4S/c1-8(12)9-3-2-5-14-11(9)16-10-4-6-13-7-15-10/h2-8H,12H2,1H3/t8-/m1/s1. The molecule has 0 saturated carbocycles. The van der Waals surface area contributed by atoms with Gasteiger partial charge in [0.2, 0.25) is 0 Å². The Morgan fingerprint density at radius 3 is 2.81 bits per heavy atom. The van der Waals surface area contributed by atoms with Crippen molar-refractivity contribution in [2.45, 2.75) is 23.0 Å². The Kier molecular flexibility index (Phi) is 3.48. The normalized spacial score (nSPS) is 12.4. The van der Waals surface area contributed by atoms with E-state index in [0.717, 1.165) is 15.6 Å². The van der Waals surface area contributed by atoms with Crippen LogP contribution in [0, 0.1) is 0 Å². The second-order valence-electron chi connectivity index (χ2n) is 3.34. The van der Waals surface area contributed by atoms with Crippen molar-refractivity contribution in [1.82, 2.24) is 15.0 Å². The molecule has 2 rings (SSSR count). The van der Waals surface area contributed by atoms with Crippen molar-refractivity contribution in [2.24, 2.45) is 5.73 Å². The van der Waals surface area contributed by atoms with Gasteiger partial charge in [-0.1, -0.05) is 6.07 Å². The summed E-state index contributed by atoms with van der Waals surface area (Å²) >= 11 is 1.50. The van der Waals surface area contributed by atoms with Crippen molar-refractivity contribution in [1.29, 1.82) is 0 Å². The summed E-state index contributed by atoms with van der Waals surface area (Å²) < 4.78 is 0. The van der Waals surface area contributed by atoms with Gasteiger partial charge < -0.3 is 5.73 Å². The Labute approximate surface area is 98.3 Å². The lowest BCUT2D eigenvalue weighted by Crippen LogP contribution is -2.07. The Hall–Kier alpha value is -1.46. The molecule has 0 aliphatic carbocycles. The van der Waals surface area contributed by atoms with E-state index in [1.54, 1.807) is 12.4 Å². The summed E-state index contributed by atoms with van der Waals surface area (Å²) in [5.41, 5.74) is 6.92. The third kappa shape index (κ3) is 2.56. The van der Waals surface area contributed by atoms with E-state index in [4.69, 9.17) is 5.73 Å². The number of nitrogens with two attached hydrogens (primary N) is 1. The summed E-state index contributed by atoms with van der Waals surface area (Å²) in [6, 6.07) is 5.70. The first-order valence-electron chi connectivity index (χ1n) is 4.91. The number of rotatable bonds is 3. The first kappa shape index (κ1) is 11.0. The number of hydrogen-bond acceptors (Lipinski definition) is 5. The molecule has 0 aliphatic heterocycles. The van der Waals surface area contributed by atoms with Gasteiger partial charge in [0.15, 0.2) is 0 Å². The Morgan fingerprint density at radius 1 is 1.25 bits per heavy atom. The van der Waals surface area contributed by atoms with E-state index in [9.17, 15) is 0 Å². The second kappa shape index (κ2) is 5.05. The van der Waals surface area contributed by atoms with Crippen molar-refractivity contribution in [3.8, 4) is 0 Å². The predicted molar refractivity (Wildman–Crippen MR) is 63.0 cm³/mol. The minimum atomic E-state index is -0.0296. The van der Waals surface area contributed by atoms with Gasteiger partial charge in [0.05, 0.1) is 0 Å².